The monoisotopic (exact) mass is 417 g/mol. The smallest absolute Gasteiger partial charge is 0.255 e. The van der Waals surface area contributed by atoms with Crippen molar-refractivity contribution < 1.29 is 14.3 Å². The van der Waals surface area contributed by atoms with Gasteiger partial charge in [-0.25, -0.2) is 0 Å². The third-order valence-corrected chi connectivity index (χ3v) is 4.91. The van der Waals surface area contributed by atoms with E-state index in [1.807, 2.05) is 54.6 Å². The lowest BCUT2D eigenvalue weighted by Gasteiger charge is -2.13. The SMILES string of the molecule is CC(C)CCOc1cccc(C(=O)Nc2ccccc2OCCCc2ccccc2)c1. The van der Waals surface area contributed by atoms with Gasteiger partial charge in [-0.2, -0.15) is 0 Å². The van der Waals surface area contributed by atoms with Gasteiger partial charge in [0, 0.05) is 5.56 Å². The maximum Gasteiger partial charge on any atom is 0.255 e. The average molecular weight is 418 g/mol. The van der Waals surface area contributed by atoms with Gasteiger partial charge in [-0.15, -0.1) is 0 Å². The predicted molar refractivity (Wildman–Crippen MR) is 126 cm³/mol. The highest BCUT2D eigenvalue weighted by molar-refractivity contribution is 6.05. The molecule has 0 aromatic heterocycles. The minimum absolute atomic E-state index is 0.186. The summed E-state index contributed by atoms with van der Waals surface area (Å²) in [7, 11) is 0. The average Bonchev–Trinajstić information content (AvgIpc) is 2.78. The highest BCUT2D eigenvalue weighted by Gasteiger charge is 2.11. The number of carbonyl (C=O) groups is 1. The first-order valence-electron chi connectivity index (χ1n) is 10.9. The van der Waals surface area contributed by atoms with Gasteiger partial charge < -0.3 is 14.8 Å². The third-order valence-electron chi connectivity index (χ3n) is 4.91. The van der Waals surface area contributed by atoms with Gasteiger partial charge in [-0.1, -0.05) is 62.4 Å². The highest BCUT2D eigenvalue weighted by Crippen LogP contribution is 2.25. The number of rotatable bonds is 11. The molecule has 0 saturated carbocycles. The van der Waals surface area contributed by atoms with E-state index in [4.69, 9.17) is 9.47 Å². The summed E-state index contributed by atoms with van der Waals surface area (Å²) in [5.74, 6) is 1.78. The molecule has 0 atom stereocenters. The molecular formula is C27H31NO3. The molecule has 0 aliphatic carbocycles. The number of nitrogens with one attached hydrogen (secondary N) is 1. The van der Waals surface area contributed by atoms with Crippen LogP contribution in [0.3, 0.4) is 0 Å². The topological polar surface area (TPSA) is 47.6 Å². The van der Waals surface area contributed by atoms with Crippen LogP contribution in [0.4, 0.5) is 5.69 Å². The molecule has 0 aliphatic rings. The Morgan fingerprint density at radius 1 is 0.871 bits per heavy atom. The van der Waals surface area contributed by atoms with Crippen LogP contribution in [0.25, 0.3) is 0 Å². The molecule has 0 spiro atoms. The quantitative estimate of drug-likeness (QED) is 0.369. The van der Waals surface area contributed by atoms with Crippen molar-refractivity contribution >= 4 is 11.6 Å². The summed E-state index contributed by atoms with van der Waals surface area (Å²) in [5, 5.41) is 2.97. The summed E-state index contributed by atoms with van der Waals surface area (Å²) in [6.45, 7) is 5.55. The van der Waals surface area contributed by atoms with Crippen molar-refractivity contribution in [3.8, 4) is 11.5 Å². The lowest BCUT2D eigenvalue weighted by atomic mass is 10.1. The first kappa shape index (κ1) is 22.4. The second-order valence-electron chi connectivity index (χ2n) is 7.95. The minimum Gasteiger partial charge on any atom is -0.494 e. The van der Waals surface area contributed by atoms with Crippen molar-refractivity contribution in [3.63, 3.8) is 0 Å². The highest BCUT2D eigenvalue weighted by atomic mass is 16.5. The van der Waals surface area contributed by atoms with Gasteiger partial charge in [0.15, 0.2) is 0 Å². The number of amides is 1. The fourth-order valence-electron chi connectivity index (χ4n) is 3.13. The van der Waals surface area contributed by atoms with E-state index in [9.17, 15) is 4.79 Å². The van der Waals surface area contributed by atoms with Gasteiger partial charge in [-0.3, -0.25) is 4.79 Å². The molecule has 0 fully saturated rings. The molecule has 1 N–H and O–H groups in total. The fourth-order valence-corrected chi connectivity index (χ4v) is 3.13. The van der Waals surface area contributed by atoms with Gasteiger partial charge in [0.05, 0.1) is 18.9 Å². The summed E-state index contributed by atoms with van der Waals surface area (Å²) < 4.78 is 11.7. The Labute approximate surface area is 185 Å². The molecule has 4 heteroatoms. The van der Waals surface area contributed by atoms with Crippen molar-refractivity contribution in [2.24, 2.45) is 5.92 Å². The molecule has 3 rings (SSSR count). The van der Waals surface area contributed by atoms with E-state index in [1.165, 1.54) is 5.56 Å². The number of benzene rings is 3. The van der Waals surface area contributed by atoms with Crippen LogP contribution in [0.1, 0.15) is 42.6 Å². The summed E-state index contributed by atoms with van der Waals surface area (Å²) in [4.78, 5) is 12.8. The Hall–Kier alpha value is -3.27. The minimum atomic E-state index is -0.186. The Morgan fingerprint density at radius 3 is 2.45 bits per heavy atom. The molecule has 0 bridgehead atoms. The van der Waals surface area contributed by atoms with E-state index >= 15 is 0 Å². The van der Waals surface area contributed by atoms with Gasteiger partial charge >= 0.3 is 0 Å². The summed E-state index contributed by atoms with van der Waals surface area (Å²) in [5.41, 5.74) is 2.52. The van der Waals surface area contributed by atoms with Crippen LogP contribution in [0.2, 0.25) is 0 Å². The van der Waals surface area contributed by atoms with Crippen molar-refractivity contribution in [1.82, 2.24) is 0 Å². The molecule has 0 heterocycles. The standard InChI is InChI=1S/C27H31NO3/c1-21(2)17-19-30-24-14-8-13-23(20-24)27(29)28-25-15-6-7-16-26(25)31-18-9-12-22-10-4-3-5-11-22/h3-8,10-11,13-16,20-21H,9,12,17-19H2,1-2H3,(H,28,29). The summed E-state index contributed by atoms with van der Waals surface area (Å²) >= 11 is 0. The van der Waals surface area contributed by atoms with Gasteiger partial charge in [0.1, 0.15) is 11.5 Å². The van der Waals surface area contributed by atoms with Crippen LogP contribution in [-0.2, 0) is 6.42 Å². The molecule has 0 radical (unpaired) electrons. The molecule has 162 valence electrons. The number of carbonyl (C=O) groups excluding carboxylic acids is 1. The van der Waals surface area contributed by atoms with Crippen molar-refractivity contribution in [1.29, 1.82) is 0 Å². The van der Waals surface area contributed by atoms with Gasteiger partial charge in [0.2, 0.25) is 0 Å². The Balaban J connectivity index is 1.55. The lowest BCUT2D eigenvalue weighted by Crippen LogP contribution is -2.13. The van der Waals surface area contributed by atoms with E-state index in [0.29, 0.717) is 41.9 Å². The number of hydrogen-bond acceptors (Lipinski definition) is 3. The number of ether oxygens (including phenoxy) is 2. The lowest BCUT2D eigenvalue weighted by molar-refractivity contribution is 0.102. The van der Waals surface area contributed by atoms with Crippen LogP contribution >= 0.6 is 0 Å². The molecule has 0 saturated heterocycles. The molecular weight excluding hydrogens is 386 g/mol. The van der Waals surface area contributed by atoms with E-state index in [0.717, 1.165) is 19.3 Å². The number of anilines is 1. The first-order chi connectivity index (χ1) is 15.1. The molecule has 0 aliphatic heterocycles. The van der Waals surface area contributed by atoms with E-state index in [1.54, 1.807) is 12.1 Å². The molecule has 3 aromatic rings. The van der Waals surface area contributed by atoms with Gasteiger partial charge in [-0.05, 0) is 61.1 Å². The van der Waals surface area contributed by atoms with Crippen LogP contribution in [0, 0.1) is 5.92 Å². The Kier molecular flexibility index (Phi) is 8.53. The maximum atomic E-state index is 12.8. The normalized spacial score (nSPS) is 10.7. The van der Waals surface area contributed by atoms with E-state index in [2.05, 4.69) is 31.3 Å². The fraction of sp³-hybridized carbons (Fsp3) is 0.296. The second-order valence-corrected chi connectivity index (χ2v) is 7.95. The first-order valence-corrected chi connectivity index (χ1v) is 10.9. The predicted octanol–water partition coefficient (Wildman–Crippen LogP) is 6.38. The zero-order chi connectivity index (χ0) is 21.9. The summed E-state index contributed by atoms with van der Waals surface area (Å²) in [6, 6.07) is 25.2. The van der Waals surface area contributed by atoms with Crippen LogP contribution in [-0.4, -0.2) is 19.1 Å². The zero-order valence-electron chi connectivity index (χ0n) is 18.3. The van der Waals surface area contributed by atoms with Crippen LogP contribution in [0.15, 0.2) is 78.9 Å². The van der Waals surface area contributed by atoms with E-state index in [-0.39, 0.29) is 5.91 Å². The van der Waals surface area contributed by atoms with Crippen molar-refractivity contribution in [2.45, 2.75) is 33.1 Å². The second kappa shape index (κ2) is 11.8. The Morgan fingerprint density at radius 2 is 1.65 bits per heavy atom. The van der Waals surface area contributed by atoms with Crippen LogP contribution < -0.4 is 14.8 Å². The number of hydrogen-bond donors (Lipinski definition) is 1. The molecule has 31 heavy (non-hydrogen) atoms. The van der Waals surface area contributed by atoms with E-state index < -0.39 is 0 Å². The molecule has 3 aromatic carbocycles. The Bertz CT molecular complexity index is 953. The maximum absolute atomic E-state index is 12.8. The summed E-state index contributed by atoms with van der Waals surface area (Å²) in [6.07, 6.45) is 2.84. The molecule has 0 unspecified atom stereocenters. The number of para-hydroxylation sites is 2. The number of aryl methyl sites for hydroxylation is 1. The third kappa shape index (κ3) is 7.49. The molecule has 4 nitrogen and oxygen atoms in total. The van der Waals surface area contributed by atoms with Crippen LogP contribution in [0.5, 0.6) is 11.5 Å². The van der Waals surface area contributed by atoms with Gasteiger partial charge in [0.25, 0.3) is 5.91 Å². The van der Waals surface area contributed by atoms with Crippen molar-refractivity contribution in [3.05, 3.63) is 90.0 Å². The molecule has 1 amide bonds. The van der Waals surface area contributed by atoms with Crippen molar-refractivity contribution in [2.75, 3.05) is 18.5 Å². The zero-order valence-corrected chi connectivity index (χ0v) is 18.3. The largest absolute Gasteiger partial charge is 0.494 e.